The molecule has 0 bridgehead atoms. The molecule has 4 nitrogen and oxygen atoms in total. The zero-order valence-corrected chi connectivity index (χ0v) is 11.8. The largest absolute Gasteiger partial charge is 0.384 e. The van der Waals surface area contributed by atoms with E-state index in [0.717, 1.165) is 17.5 Å². The molecule has 0 saturated heterocycles. The molecule has 0 unspecified atom stereocenters. The van der Waals surface area contributed by atoms with Crippen LogP contribution in [0.5, 0.6) is 0 Å². The Kier molecular flexibility index (Phi) is 8.13. The summed E-state index contributed by atoms with van der Waals surface area (Å²) in [6.45, 7) is 3.43. The Labute approximate surface area is 120 Å². The number of carbonyl (C=O) groups excluding carboxylic acids is 1. The van der Waals surface area contributed by atoms with Crippen molar-refractivity contribution in [2.24, 2.45) is 0 Å². The molecule has 0 saturated carbocycles. The van der Waals surface area contributed by atoms with Crippen LogP contribution in [0.4, 0.5) is 0 Å². The Hall–Kier alpha value is -1.83. The van der Waals surface area contributed by atoms with Gasteiger partial charge in [-0.25, -0.2) is 0 Å². The van der Waals surface area contributed by atoms with Crippen molar-refractivity contribution in [1.29, 1.82) is 0 Å². The highest BCUT2D eigenvalue weighted by atomic mass is 16.5. The molecule has 0 heterocycles. The normalized spacial score (nSPS) is 9.70. The number of hydrogen-bond donors (Lipinski definition) is 2. The van der Waals surface area contributed by atoms with Crippen LogP contribution in [0, 0.1) is 11.8 Å². The van der Waals surface area contributed by atoms with E-state index in [-0.39, 0.29) is 12.5 Å². The third-order valence-electron chi connectivity index (χ3n) is 2.62. The fourth-order valence-electron chi connectivity index (χ4n) is 1.62. The Morgan fingerprint density at radius 2 is 2.15 bits per heavy atom. The van der Waals surface area contributed by atoms with Crippen molar-refractivity contribution in [3.05, 3.63) is 35.4 Å². The number of ether oxygens (including phenoxy) is 1. The van der Waals surface area contributed by atoms with Gasteiger partial charge in [-0.1, -0.05) is 37.0 Å². The summed E-state index contributed by atoms with van der Waals surface area (Å²) in [6.07, 6.45) is 1.32. The van der Waals surface area contributed by atoms with Gasteiger partial charge in [-0.2, -0.15) is 0 Å². The molecule has 0 aliphatic rings. The van der Waals surface area contributed by atoms with Crippen LogP contribution in [0.2, 0.25) is 0 Å². The average Bonchev–Trinajstić information content (AvgIpc) is 2.48. The fourth-order valence-corrected chi connectivity index (χ4v) is 1.62. The number of benzene rings is 1. The van der Waals surface area contributed by atoms with Crippen molar-refractivity contribution in [2.75, 3.05) is 19.8 Å². The summed E-state index contributed by atoms with van der Waals surface area (Å²) < 4.78 is 5.27. The third kappa shape index (κ3) is 6.37. The molecule has 0 aromatic heterocycles. The minimum absolute atomic E-state index is 0.0361. The Morgan fingerprint density at radius 1 is 1.35 bits per heavy atom. The smallest absolute Gasteiger partial charge is 0.222 e. The van der Waals surface area contributed by atoms with E-state index in [2.05, 4.69) is 17.2 Å². The van der Waals surface area contributed by atoms with Gasteiger partial charge in [0.25, 0.3) is 0 Å². The summed E-state index contributed by atoms with van der Waals surface area (Å²) in [5.74, 6) is 5.45. The first-order valence-electron chi connectivity index (χ1n) is 6.80. The van der Waals surface area contributed by atoms with Crippen molar-refractivity contribution in [1.82, 2.24) is 5.32 Å². The lowest BCUT2D eigenvalue weighted by Crippen LogP contribution is -2.24. The quantitative estimate of drug-likeness (QED) is 0.585. The van der Waals surface area contributed by atoms with Crippen LogP contribution in [0.15, 0.2) is 24.3 Å². The summed E-state index contributed by atoms with van der Waals surface area (Å²) in [5.41, 5.74) is 1.76. The van der Waals surface area contributed by atoms with E-state index in [9.17, 15) is 4.79 Å². The van der Waals surface area contributed by atoms with Gasteiger partial charge in [-0.15, -0.1) is 0 Å². The number of nitrogens with one attached hydrogen (secondary N) is 1. The molecule has 108 valence electrons. The van der Waals surface area contributed by atoms with E-state index in [4.69, 9.17) is 9.84 Å². The van der Waals surface area contributed by atoms with Crippen LogP contribution in [0.25, 0.3) is 0 Å². The van der Waals surface area contributed by atoms with Gasteiger partial charge >= 0.3 is 0 Å². The summed E-state index contributed by atoms with van der Waals surface area (Å²) in [4.78, 5) is 11.6. The van der Waals surface area contributed by atoms with Gasteiger partial charge < -0.3 is 15.2 Å². The lowest BCUT2D eigenvalue weighted by molar-refractivity contribution is -0.122. The molecule has 0 spiro atoms. The fraction of sp³-hybridized carbons (Fsp3) is 0.438. The van der Waals surface area contributed by atoms with Gasteiger partial charge in [-0.3, -0.25) is 4.79 Å². The molecule has 2 N–H and O–H groups in total. The zero-order valence-electron chi connectivity index (χ0n) is 11.8. The zero-order chi connectivity index (χ0) is 14.6. The molecule has 0 aliphatic carbocycles. The van der Waals surface area contributed by atoms with Crippen molar-refractivity contribution in [2.45, 2.75) is 26.3 Å². The minimum atomic E-state index is -0.171. The third-order valence-corrected chi connectivity index (χ3v) is 2.62. The first-order valence-corrected chi connectivity index (χ1v) is 6.80. The maximum Gasteiger partial charge on any atom is 0.222 e. The molecule has 1 aromatic carbocycles. The molecule has 4 heteroatoms. The summed E-state index contributed by atoms with van der Waals surface area (Å²) in [7, 11) is 0. The number of aliphatic hydroxyl groups excluding tert-OH is 1. The predicted octanol–water partition coefficient (Wildman–Crippen LogP) is 1.46. The Morgan fingerprint density at radius 3 is 2.90 bits per heavy atom. The van der Waals surface area contributed by atoms with E-state index >= 15 is 0 Å². The number of aliphatic hydroxyl groups is 1. The van der Waals surface area contributed by atoms with Crippen LogP contribution < -0.4 is 5.32 Å². The summed E-state index contributed by atoms with van der Waals surface area (Å²) in [6, 6.07) is 7.56. The van der Waals surface area contributed by atoms with Gasteiger partial charge in [0.05, 0.1) is 6.61 Å². The van der Waals surface area contributed by atoms with Crippen LogP contribution >= 0.6 is 0 Å². The number of hydrogen-bond acceptors (Lipinski definition) is 3. The lowest BCUT2D eigenvalue weighted by atomic mass is 10.1. The van der Waals surface area contributed by atoms with E-state index in [1.54, 1.807) is 0 Å². The molecular weight excluding hydrogens is 254 g/mol. The van der Waals surface area contributed by atoms with Gasteiger partial charge in [0.2, 0.25) is 5.91 Å². The van der Waals surface area contributed by atoms with Gasteiger partial charge in [0, 0.05) is 25.1 Å². The number of carbonyl (C=O) groups is 1. The van der Waals surface area contributed by atoms with Crippen molar-refractivity contribution in [3.63, 3.8) is 0 Å². The predicted molar refractivity (Wildman–Crippen MR) is 78.0 cm³/mol. The molecule has 1 amide bonds. The highest BCUT2D eigenvalue weighted by Gasteiger charge is 2.03. The molecule has 0 aliphatic heterocycles. The van der Waals surface area contributed by atoms with Crippen LogP contribution in [0.1, 0.15) is 30.9 Å². The van der Waals surface area contributed by atoms with E-state index in [1.807, 2.05) is 31.2 Å². The van der Waals surface area contributed by atoms with Gasteiger partial charge in [0.15, 0.2) is 0 Å². The second kappa shape index (κ2) is 10.0. The second-order valence-electron chi connectivity index (χ2n) is 4.26. The van der Waals surface area contributed by atoms with E-state index in [0.29, 0.717) is 26.2 Å². The van der Waals surface area contributed by atoms with Crippen LogP contribution in [0.3, 0.4) is 0 Å². The standard InChI is InChI=1S/C16H21NO3/c1-2-11-20-12-9-16(19)17-13-15-7-4-3-6-14(15)8-5-10-18/h3-4,6-7,18H,2,9-13H2,1H3,(H,17,19). The SMILES string of the molecule is CCCOCCC(=O)NCc1ccccc1C#CCO. The first-order chi connectivity index (χ1) is 9.77. The highest BCUT2D eigenvalue weighted by Crippen LogP contribution is 2.06. The second-order valence-corrected chi connectivity index (χ2v) is 4.26. The maximum absolute atomic E-state index is 11.6. The molecule has 0 fully saturated rings. The monoisotopic (exact) mass is 275 g/mol. The molecule has 20 heavy (non-hydrogen) atoms. The molecule has 0 atom stereocenters. The molecule has 1 aromatic rings. The minimum Gasteiger partial charge on any atom is -0.384 e. The number of rotatable bonds is 7. The summed E-state index contributed by atoms with van der Waals surface area (Å²) >= 11 is 0. The molecular formula is C16H21NO3. The van der Waals surface area contributed by atoms with Crippen molar-refractivity contribution < 1.29 is 14.6 Å². The van der Waals surface area contributed by atoms with Crippen molar-refractivity contribution in [3.8, 4) is 11.8 Å². The number of amides is 1. The molecule has 1 rings (SSSR count). The van der Waals surface area contributed by atoms with Gasteiger partial charge in [0.1, 0.15) is 6.61 Å². The average molecular weight is 275 g/mol. The topological polar surface area (TPSA) is 58.6 Å². The highest BCUT2D eigenvalue weighted by molar-refractivity contribution is 5.76. The lowest BCUT2D eigenvalue weighted by Gasteiger charge is -2.07. The van der Waals surface area contributed by atoms with Crippen LogP contribution in [-0.2, 0) is 16.1 Å². The van der Waals surface area contributed by atoms with E-state index in [1.165, 1.54) is 0 Å². The Bertz CT molecular complexity index is 474. The van der Waals surface area contributed by atoms with Gasteiger partial charge in [-0.05, 0) is 18.1 Å². The van der Waals surface area contributed by atoms with Crippen molar-refractivity contribution >= 4 is 5.91 Å². The summed E-state index contributed by atoms with van der Waals surface area (Å²) in [5, 5.41) is 11.6. The maximum atomic E-state index is 11.6. The van der Waals surface area contributed by atoms with Crippen LogP contribution in [-0.4, -0.2) is 30.8 Å². The Balaban J connectivity index is 2.43. The van der Waals surface area contributed by atoms with E-state index < -0.39 is 0 Å². The first kappa shape index (κ1) is 16.2. The molecule has 0 radical (unpaired) electrons.